The highest BCUT2D eigenvalue weighted by molar-refractivity contribution is 7.11. The van der Waals surface area contributed by atoms with Crippen LogP contribution in [-0.2, 0) is 0 Å². The Morgan fingerprint density at radius 3 is 2.90 bits per heavy atom. The van der Waals surface area contributed by atoms with Gasteiger partial charge in [-0.15, -0.1) is 22.7 Å². The summed E-state index contributed by atoms with van der Waals surface area (Å²) < 4.78 is 0. The fourth-order valence-electron chi connectivity index (χ4n) is 1.94. The quantitative estimate of drug-likeness (QED) is 0.855. The van der Waals surface area contributed by atoms with Crippen molar-refractivity contribution in [2.45, 2.75) is 26.8 Å². The Balaban J connectivity index is 2.07. The Morgan fingerprint density at radius 1 is 1.52 bits per heavy atom. The van der Waals surface area contributed by atoms with E-state index in [-0.39, 0.29) is 18.6 Å². The number of aliphatic hydroxyl groups excluding tert-OH is 1. The molecule has 0 fully saturated rings. The standard InChI is InChI=1S/C15H16N2O2S2/c1-9-14(21-11(3)16-9)10(2)17-15(19)12-7-13(20-8-12)5-4-6-18/h7-8,10,18H,6H2,1-3H3,(H,17,19). The van der Waals surface area contributed by atoms with Crippen molar-refractivity contribution in [3.05, 3.63) is 37.5 Å². The number of aromatic nitrogens is 1. The summed E-state index contributed by atoms with van der Waals surface area (Å²) >= 11 is 3.00. The van der Waals surface area contributed by atoms with Crippen molar-refractivity contribution in [3.8, 4) is 11.8 Å². The normalized spacial score (nSPS) is 11.6. The predicted octanol–water partition coefficient (Wildman–Crippen LogP) is 2.66. The van der Waals surface area contributed by atoms with Gasteiger partial charge in [0.1, 0.15) is 6.61 Å². The zero-order valence-electron chi connectivity index (χ0n) is 12.1. The molecule has 1 unspecified atom stereocenters. The van der Waals surface area contributed by atoms with E-state index >= 15 is 0 Å². The lowest BCUT2D eigenvalue weighted by molar-refractivity contribution is 0.0941. The lowest BCUT2D eigenvalue weighted by atomic mass is 10.2. The molecule has 0 spiro atoms. The van der Waals surface area contributed by atoms with Gasteiger partial charge < -0.3 is 10.4 Å². The molecule has 2 N–H and O–H groups in total. The molecule has 21 heavy (non-hydrogen) atoms. The van der Waals surface area contributed by atoms with Crippen molar-refractivity contribution in [3.63, 3.8) is 0 Å². The maximum atomic E-state index is 12.2. The summed E-state index contributed by atoms with van der Waals surface area (Å²) in [6.45, 7) is 5.69. The number of aryl methyl sites for hydroxylation is 2. The van der Waals surface area contributed by atoms with Crippen molar-refractivity contribution in [1.29, 1.82) is 0 Å². The second-order valence-electron chi connectivity index (χ2n) is 4.54. The Morgan fingerprint density at radius 2 is 2.29 bits per heavy atom. The highest BCUT2D eigenvalue weighted by Crippen LogP contribution is 2.25. The fourth-order valence-corrected chi connectivity index (χ4v) is 3.63. The van der Waals surface area contributed by atoms with E-state index < -0.39 is 0 Å². The SMILES string of the molecule is Cc1nc(C)c(C(C)NC(=O)c2csc(C#CCO)c2)s1. The second kappa shape index (κ2) is 6.85. The van der Waals surface area contributed by atoms with Crippen LogP contribution >= 0.6 is 22.7 Å². The number of carbonyl (C=O) groups is 1. The summed E-state index contributed by atoms with van der Waals surface area (Å²) in [5, 5.41) is 14.4. The van der Waals surface area contributed by atoms with E-state index in [1.807, 2.05) is 20.8 Å². The smallest absolute Gasteiger partial charge is 0.252 e. The van der Waals surface area contributed by atoms with Crippen LogP contribution in [0.5, 0.6) is 0 Å². The molecule has 2 aromatic rings. The number of aliphatic hydroxyl groups is 1. The van der Waals surface area contributed by atoms with Gasteiger partial charge in [0.25, 0.3) is 5.91 Å². The Hall–Kier alpha value is -1.68. The predicted molar refractivity (Wildman–Crippen MR) is 85.8 cm³/mol. The number of nitrogens with zero attached hydrogens (tertiary/aromatic N) is 1. The number of thiazole rings is 1. The summed E-state index contributed by atoms with van der Waals surface area (Å²) in [7, 11) is 0. The molecule has 4 nitrogen and oxygen atoms in total. The molecule has 0 aromatic carbocycles. The van der Waals surface area contributed by atoms with Crippen LogP contribution in [0.3, 0.4) is 0 Å². The summed E-state index contributed by atoms with van der Waals surface area (Å²) in [6, 6.07) is 1.66. The first-order chi connectivity index (χ1) is 10.0. The van der Waals surface area contributed by atoms with E-state index in [2.05, 4.69) is 22.1 Å². The number of hydrogen-bond acceptors (Lipinski definition) is 5. The third-order valence-electron chi connectivity index (χ3n) is 2.83. The first-order valence-corrected chi connectivity index (χ1v) is 8.14. The zero-order chi connectivity index (χ0) is 15.4. The number of hydrogen-bond donors (Lipinski definition) is 2. The maximum Gasteiger partial charge on any atom is 0.252 e. The molecule has 0 bridgehead atoms. The number of rotatable bonds is 3. The summed E-state index contributed by atoms with van der Waals surface area (Å²) in [4.78, 5) is 18.4. The minimum Gasteiger partial charge on any atom is -0.384 e. The fraction of sp³-hybridized carbons (Fsp3) is 0.333. The van der Waals surface area contributed by atoms with Gasteiger partial charge in [-0.1, -0.05) is 11.8 Å². The highest BCUT2D eigenvalue weighted by Gasteiger charge is 2.17. The molecule has 0 aliphatic rings. The molecule has 2 aromatic heterocycles. The molecule has 2 rings (SSSR count). The number of thiophene rings is 1. The van der Waals surface area contributed by atoms with Crippen molar-refractivity contribution in [1.82, 2.24) is 10.3 Å². The Labute approximate surface area is 131 Å². The van der Waals surface area contributed by atoms with Crippen LogP contribution in [-0.4, -0.2) is 22.6 Å². The van der Waals surface area contributed by atoms with E-state index in [0.29, 0.717) is 5.56 Å². The molecule has 0 radical (unpaired) electrons. The Kier molecular flexibility index (Phi) is 5.12. The van der Waals surface area contributed by atoms with Crippen LogP contribution in [0.4, 0.5) is 0 Å². The average molecular weight is 320 g/mol. The zero-order valence-corrected chi connectivity index (χ0v) is 13.7. The highest BCUT2D eigenvalue weighted by atomic mass is 32.1. The molecule has 0 saturated heterocycles. The van der Waals surface area contributed by atoms with Crippen LogP contribution in [0.2, 0.25) is 0 Å². The van der Waals surface area contributed by atoms with Gasteiger partial charge in [0.2, 0.25) is 0 Å². The molecule has 6 heteroatoms. The molecule has 1 atom stereocenters. The van der Waals surface area contributed by atoms with Crippen molar-refractivity contribution in [2.75, 3.05) is 6.61 Å². The van der Waals surface area contributed by atoms with Crippen LogP contribution in [0.25, 0.3) is 0 Å². The molecule has 0 aliphatic heterocycles. The molecule has 0 saturated carbocycles. The van der Waals surface area contributed by atoms with Crippen molar-refractivity contribution in [2.24, 2.45) is 0 Å². The maximum absolute atomic E-state index is 12.2. The Bertz CT molecular complexity index is 707. The van der Waals surface area contributed by atoms with Crippen molar-refractivity contribution >= 4 is 28.6 Å². The third-order valence-corrected chi connectivity index (χ3v) is 4.93. The molecule has 110 valence electrons. The van der Waals surface area contributed by atoms with Crippen LogP contribution < -0.4 is 5.32 Å². The topological polar surface area (TPSA) is 62.2 Å². The second-order valence-corrected chi connectivity index (χ2v) is 6.68. The first kappa shape index (κ1) is 15.7. The molecule has 2 heterocycles. The molecule has 1 amide bonds. The average Bonchev–Trinajstić information content (AvgIpc) is 3.03. The monoisotopic (exact) mass is 320 g/mol. The van der Waals surface area contributed by atoms with Gasteiger partial charge in [0.05, 0.1) is 27.2 Å². The minimum atomic E-state index is -0.180. The van der Waals surface area contributed by atoms with E-state index in [1.165, 1.54) is 11.3 Å². The minimum absolute atomic E-state index is 0.0735. The van der Waals surface area contributed by atoms with E-state index in [4.69, 9.17) is 5.11 Å². The van der Waals surface area contributed by atoms with Crippen LogP contribution in [0, 0.1) is 25.7 Å². The number of nitrogens with one attached hydrogen (secondary N) is 1. The lowest BCUT2D eigenvalue weighted by Gasteiger charge is -2.12. The van der Waals surface area contributed by atoms with Crippen LogP contribution in [0.1, 0.15) is 43.8 Å². The van der Waals surface area contributed by atoms with Gasteiger partial charge in [0, 0.05) is 10.3 Å². The van der Waals surface area contributed by atoms with Crippen LogP contribution in [0.15, 0.2) is 11.4 Å². The lowest BCUT2D eigenvalue weighted by Crippen LogP contribution is -2.26. The first-order valence-electron chi connectivity index (χ1n) is 6.44. The number of carbonyl (C=O) groups excluding carboxylic acids is 1. The van der Waals surface area contributed by atoms with Gasteiger partial charge in [-0.25, -0.2) is 4.98 Å². The summed E-state index contributed by atoms with van der Waals surface area (Å²) in [5.74, 6) is 5.25. The summed E-state index contributed by atoms with van der Waals surface area (Å²) in [5.41, 5.74) is 1.55. The van der Waals surface area contributed by atoms with Gasteiger partial charge >= 0.3 is 0 Å². The molecule has 0 aliphatic carbocycles. The van der Waals surface area contributed by atoms with Gasteiger partial charge in [-0.2, -0.15) is 0 Å². The van der Waals surface area contributed by atoms with Gasteiger partial charge in [-0.3, -0.25) is 4.79 Å². The summed E-state index contributed by atoms with van der Waals surface area (Å²) in [6.07, 6.45) is 0. The molecular weight excluding hydrogens is 304 g/mol. The van der Waals surface area contributed by atoms with Gasteiger partial charge in [0.15, 0.2) is 0 Å². The third kappa shape index (κ3) is 3.91. The van der Waals surface area contributed by atoms with E-state index in [9.17, 15) is 4.79 Å². The van der Waals surface area contributed by atoms with Crippen molar-refractivity contribution < 1.29 is 9.90 Å². The molecular formula is C15H16N2O2S2. The largest absolute Gasteiger partial charge is 0.384 e. The number of amides is 1. The van der Waals surface area contributed by atoms with E-state index in [1.54, 1.807) is 22.8 Å². The van der Waals surface area contributed by atoms with E-state index in [0.717, 1.165) is 20.5 Å². The van der Waals surface area contributed by atoms with Gasteiger partial charge in [-0.05, 0) is 26.8 Å².